The molecule has 0 aliphatic rings. The zero-order valence-electron chi connectivity index (χ0n) is 8.76. The molecule has 0 radical (unpaired) electrons. The van der Waals surface area contributed by atoms with E-state index in [1.54, 1.807) is 0 Å². The van der Waals surface area contributed by atoms with E-state index in [2.05, 4.69) is 0 Å². The van der Waals surface area contributed by atoms with Crippen molar-refractivity contribution in [2.45, 2.75) is 25.2 Å². The van der Waals surface area contributed by atoms with Crippen LogP contribution in [0.3, 0.4) is 0 Å². The van der Waals surface area contributed by atoms with Crippen molar-refractivity contribution in [3.8, 4) is 0 Å². The lowest BCUT2D eigenvalue weighted by atomic mass is 10.0. The summed E-state index contributed by atoms with van der Waals surface area (Å²) >= 11 is 5.67. The molecule has 0 heterocycles. The van der Waals surface area contributed by atoms with E-state index < -0.39 is 35.1 Å². The van der Waals surface area contributed by atoms with E-state index in [1.807, 2.05) is 0 Å². The smallest absolute Gasteiger partial charge is 0.264 e. The zero-order valence-corrected chi connectivity index (χ0v) is 9.52. The Hall–Kier alpha value is -1.10. The number of carbonyl (C=O) groups is 1. The molecular weight excluding hydrogens is 260 g/mol. The molecule has 1 nitrogen and oxygen atoms in total. The van der Waals surface area contributed by atoms with E-state index >= 15 is 0 Å². The Morgan fingerprint density at radius 1 is 1.12 bits per heavy atom. The molecule has 0 fully saturated rings. The summed E-state index contributed by atoms with van der Waals surface area (Å²) in [6.07, 6.45) is -6.02. The van der Waals surface area contributed by atoms with Gasteiger partial charge >= 0.3 is 0 Å². The van der Waals surface area contributed by atoms with Gasteiger partial charge in [0.25, 0.3) is 12.9 Å². The van der Waals surface area contributed by atoms with Crippen molar-refractivity contribution in [3.63, 3.8) is 0 Å². The molecule has 94 valence electrons. The molecule has 0 aromatic heterocycles. The van der Waals surface area contributed by atoms with E-state index in [1.165, 1.54) is 6.92 Å². The summed E-state index contributed by atoms with van der Waals surface area (Å²) in [5, 5.41) is -1.10. The van der Waals surface area contributed by atoms with Crippen LogP contribution < -0.4 is 0 Å². The van der Waals surface area contributed by atoms with Crippen LogP contribution in [-0.2, 0) is 4.79 Å². The molecule has 6 heteroatoms. The second-order valence-corrected chi connectivity index (χ2v) is 3.90. The van der Waals surface area contributed by atoms with Crippen LogP contribution in [0, 0.1) is 0 Å². The van der Waals surface area contributed by atoms with Gasteiger partial charge in [-0.3, -0.25) is 4.79 Å². The molecule has 0 aliphatic carbocycles. The van der Waals surface area contributed by atoms with Gasteiger partial charge in [0.15, 0.2) is 5.78 Å². The second-order valence-electron chi connectivity index (χ2n) is 3.46. The monoisotopic (exact) mass is 268 g/mol. The minimum absolute atomic E-state index is 0.0962. The lowest BCUT2D eigenvalue weighted by Crippen LogP contribution is -2.04. The maximum Gasteiger partial charge on any atom is 0.264 e. The average molecular weight is 269 g/mol. The Morgan fingerprint density at radius 2 is 1.65 bits per heavy atom. The van der Waals surface area contributed by atoms with Gasteiger partial charge in [0, 0.05) is 11.1 Å². The predicted octanol–water partition coefficient (Wildman–Crippen LogP) is 4.43. The third-order valence-corrected chi connectivity index (χ3v) is 2.79. The van der Waals surface area contributed by atoms with Crippen LogP contribution in [0.25, 0.3) is 0 Å². The quantitative estimate of drug-likeness (QED) is 0.583. The molecule has 0 saturated carbocycles. The third-order valence-electron chi connectivity index (χ3n) is 2.23. The zero-order chi connectivity index (χ0) is 13.2. The van der Waals surface area contributed by atoms with Crippen molar-refractivity contribution in [2.75, 3.05) is 0 Å². The molecule has 1 rings (SSSR count). The van der Waals surface area contributed by atoms with Gasteiger partial charge in [-0.05, 0) is 18.6 Å². The van der Waals surface area contributed by atoms with Gasteiger partial charge in [0.05, 0.1) is 0 Å². The number of ketones is 1. The maximum atomic E-state index is 12.6. The Bertz CT molecular complexity index is 420. The number of alkyl halides is 5. The fourth-order valence-corrected chi connectivity index (χ4v) is 1.51. The fraction of sp³-hybridized carbons (Fsp3) is 0.364. The molecule has 0 N–H and O–H groups in total. The summed E-state index contributed by atoms with van der Waals surface area (Å²) in [7, 11) is 0. The molecule has 0 bridgehead atoms. The minimum Gasteiger partial charge on any atom is -0.298 e. The normalized spacial score (nSPS) is 13.2. The largest absolute Gasteiger partial charge is 0.298 e. The Labute approximate surface area is 100 Å². The first-order valence-corrected chi connectivity index (χ1v) is 5.12. The summed E-state index contributed by atoms with van der Waals surface area (Å²) < 4.78 is 50.0. The molecular formula is C11H9ClF4O. The average Bonchev–Trinajstić information content (AvgIpc) is 2.26. The molecule has 0 aliphatic heterocycles. The molecule has 1 aromatic carbocycles. The molecule has 0 saturated heterocycles. The topological polar surface area (TPSA) is 17.1 Å². The van der Waals surface area contributed by atoms with Crippen molar-refractivity contribution in [1.82, 2.24) is 0 Å². The van der Waals surface area contributed by atoms with Crippen LogP contribution in [0.2, 0.25) is 0 Å². The molecule has 0 spiro atoms. The van der Waals surface area contributed by atoms with Gasteiger partial charge < -0.3 is 0 Å². The van der Waals surface area contributed by atoms with Gasteiger partial charge in [0.2, 0.25) is 0 Å². The van der Waals surface area contributed by atoms with Crippen molar-refractivity contribution >= 4 is 17.4 Å². The van der Waals surface area contributed by atoms with Crippen molar-refractivity contribution in [1.29, 1.82) is 0 Å². The Balaban J connectivity index is 3.23. The van der Waals surface area contributed by atoms with E-state index in [-0.39, 0.29) is 5.56 Å². The molecule has 1 aromatic rings. The van der Waals surface area contributed by atoms with Crippen LogP contribution in [-0.4, -0.2) is 5.78 Å². The highest BCUT2D eigenvalue weighted by Crippen LogP contribution is 2.33. The SMILES string of the molecule is CC(=O)C(Cl)c1ccc(C(F)F)c(C(F)F)c1. The number of hydrogen-bond donors (Lipinski definition) is 0. The van der Waals surface area contributed by atoms with Crippen LogP contribution >= 0.6 is 11.6 Å². The van der Waals surface area contributed by atoms with E-state index in [0.717, 1.165) is 18.2 Å². The van der Waals surface area contributed by atoms with Gasteiger partial charge in [-0.2, -0.15) is 0 Å². The first kappa shape index (κ1) is 14.0. The molecule has 1 atom stereocenters. The van der Waals surface area contributed by atoms with Crippen molar-refractivity contribution in [3.05, 3.63) is 34.9 Å². The van der Waals surface area contributed by atoms with Crippen molar-refractivity contribution in [2.24, 2.45) is 0 Å². The lowest BCUT2D eigenvalue weighted by Gasteiger charge is -2.12. The molecule has 0 amide bonds. The highest BCUT2D eigenvalue weighted by atomic mass is 35.5. The van der Waals surface area contributed by atoms with Gasteiger partial charge in [-0.1, -0.05) is 12.1 Å². The third kappa shape index (κ3) is 3.19. The minimum atomic E-state index is -3.03. The molecule has 1 unspecified atom stereocenters. The Kier molecular flexibility index (Phi) is 4.51. The molecule has 17 heavy (non-hydrogen) atoms. The van der Waals surface area contributed by atoms with E-state index in [0.29, 0.717) is 0 Å². The van der Waals surface area contributed by atoms with Crippen LogP contribution in [0.4, 0.5) is 17.6 Å². The van der Waals surface area contributed by atoms with Gasteiger partial charge in [-0.15, -0.1) is 11.6 Å². The standard InChI is InChI=1S/C11H9ClF4O/c1-5(17)9(12)6-2-3-7(10(13)14)8(4-6)11(15)16/h2-4,9-11H,1H3. The van der Waals surface area contributed by atoms with Gasteiger partial charge in [0.1, 0.15) is 5.38 Å². The van der Waals surface area contributed by atoms with E-state index in [4.69, 9.17) is 11.6 Å². The lowest BCUT2D eigenvalue weighted by molar-refractivity contribution is -0.116. The Morgan fingerprint density at radius 3 is 2.06 bits per heavy atom. The van der Waals surface area contributed by atoms with Gasteiger partial charge in [-0.25, -0.2) is 17.6 Å². The van der Waals surface area contributed by atoms with Crippen LogP contribution in [0.15, 0.2) is 18.2 Å². The summed E-state index contributed by atoms with van der Waals surface area (Å²) in [4.78, 5) is 11.0. The fourth-order valence-electron chi connectivity index (χ4n) is 1.37. The number of rotatable bonds is 4. The highest BCUT2D eigenvalue weighted by Gasteiger charge is 2.22. The predicted molar refractivity (Wildman–Crippen MR) is 55.6 cm³/mol. The number of hydrogen-bond acceptors (Lipinski definition) is 1. The summed E-state index contributed by atoms with van der Waals surface area (Å²) in [6.45, 7) is 1.20. The number of halogens is 5. The second kappa shape index (κ2) is 5.49. The summed E-state index contributed by atoms with van der Waals surface area (Å²) in [5.74, 6) is -0.434. The van der Waals surface area contributed by atoms with Crippen LogP contribution in [0.1, 0.15) is 41.8 Å². The van der Waals surface area contributed by atoms with E-state index in [9.17, 15) is 22.4 Å². The summed E-state index contributed by atoms with van der Waals surface area (Å²) in [5.41, 5.74) is -1.43. The maximum absolute atomic E-state index is 12.6. The number of carbonyl (C=O) groups excluding carboxylic acids is 1. The summed E-state index contributed by atoms with van der Waals surface area (Å²) in [6, 6.07) is 2.89. The highest BCUT2D eigenvalue weighted by molar-refractivity contribution is 6.30. The number of benzene rings is 1. The number of Topliss-reactive ketones (excluding diaryl/α,β-unsaturated/α-hetero) is 1. The first-order valence-electron chi connectivity index (χ1n) is 4.69. The first-order chi connectivity index (χ1) is 7.84. The van der Waals surface area contributed by atoms with Crippen LogP contribution in [0.5, 0.6) is 0 Å². The van der Waals surface area contributed by atoms with Crippen molar-refractivity contribution < 1.29 is 22.4 Å².